The highest BCUT2D eigenvalue weighted by Gasteiger charge is 2.34. The Morgan fingerprint density at radius 2 is 1.70 bits per heavy atom. The van der Waals surface area contributed by atoms with Gasteiger partial charge in [0.2, 0.25) is 0 Å². The van der Waals surface area contributed by atoms with Crippen molar-refractivity contribution < 1.29 is 22.4 Å². The van der Waals surface area contributed by atoms with Crippen LogP contribution in [0, 0.1) is 11.7 Å². The van der Waals surface area contributed by atoms with Gasteiger partial charge in [0, 0.05) is 18.7 Å². The predicted octanol–water partition coefficient (Wildman–Crippen LogP) is 5.33. The number of hydrogen-bond acceptors (Lipinski definition) is 1. The molecule has 0 atom stereocenters. The Hall–Kier alpha value is -2.37. The number of piperidine rings is 1. The first-order valence-electron chi connectivity index (χ1n) is 9.04. The minimum absolute atomic E-state index is 0.0387. The van der Waals surface area contributed by atoms with Gasteiger partial charge in [-0.3, -0.25) is 4.79 Å². The van der Waals surface area contributed by atoms with E-state index in [9.17, 15) is 22.4 Å². The number of aryl methyl sites for hydroxylation is 1. The molecule has 2 aromatic rings. The van der Waals surface area contributed by atoms with Crippen LogP contribution in [0.5, 0.6) is 0 Å². The van der Waals surface area contributed by atoms with Gasteiger partial charge in [0.05, 0.1) is 5.56 Å². The molecule has 0 N–H and O–H groups in total. The summed E-state index contributed by atoms with van der Waals surface area (Å²) >= 11 is 0. The lowest BCUT2D eigenvalue weighted by Gasteiger charge is -2.32. The zero-order valence-corrected chi connectivity index (χ0v) is 14.8. The topological polar surface area (TPSA) is 20.3 Å². The molecule has 2 nitrogen and oxygen atoms in total. The number of likely N-dealkylation sites (tertiary alicyclic amines) is 1. The van der Waals surface area contributed by atoms with Crippen LogP contribution in [0.15, 0.2) is 48.5 Å². The van der Waals surface area contributed by atoms with Crippen LogP contribution in [-0.4, -0.2) is 23.9 Å². The van der Waals surface area contributed by atoms with Gasteiger partial charge in [0.1, 0.15) is 5.82 Å². The molecule has 144 valence electrons. The molecule has 1 aliphatic heterocycles. The second-order valence-electron chi connectivity index (χ2n) is 6.95. The van der Waals surface area contributed by atoms with Crippen molar-refractivity contribution >= 4 is 5.91 Å². The fourth-order valence-electron chi connectivity index (χ4n) is 3.50. The van der Waals surface area contributed by atoms with Crippen LogP contribution >= 0.6 is 0 Å². The van der Waals surface area contributed by atoms with Crippen molar-refractivity contribution in [2.75, 3.05) is 13.1 Å². The molecule has 2 aromatic carbocycles. The molecule has 0 aromatic heterocycles. The monoisotopic (exact) mass is 379 g/mol. The zero-order chi connectivity index (χ0) is 19.4. The van der Waals surface area contributed by atoms with E-state index < -0.39 is 23.5 Å². The van der Waals surface area contributed by atoms with E-state index in [2.05, 4.69) is 12.1 Å². The van der Waals surface area contributed by atoms with Gasteiger partial charge in [-0.2, -0.15) is 13.2 Å². The van der Waals surface area contributed by atoms with Crippen molar-refractivity contribution in [2.24, 2.45) is 5.92 Å². The fraction of sp³-hybridized carbons (Fsp3) is 0.381. The van der Waals surface area contributed by atoms with Crippen molar-refractivity contribution in [3.8, 4) is 0 Å². The van der Waals surface area contributed by atoms with Gasteiger partial charge in [-0.05, 0) is 55.4 Å². The lowest BCUT2D eigenvalue weighted by Crippen LogP contribution is -2.38. The number of rotatable bonds is 4. The average molecular weight is 379 g/mol. The summed E-state index contributed by atoms with van der Waals surface area (Å²) in [5, 5.41) is 0. The van der Waals surface area contributed by atoms with Gasteiger partial charge in [-0.15, -0.1) is 0 Å². The maximum Gasteiger partial charge on any atom is 0.419 e. The summed E-state index contributed by atoms with van der Waals surface area (Å²) in [6.45, 7) is 1.09. The molecule has 0 radical (unpaired) electrons. The summed E-state index contributed by atoms with van der Waals surface area (Å²) in [7, 11) is 0. The summed E-state index contributed by atoms with van der Waals surface area (Å²) in [6, 6.07) is 12.6. The molecule has 0 unspecified atom stereocenters. The Balaban J connectivity index is 1.55. The maximum atomic E-state index is 13.7. The molecule has 0 spiro atoms. The number of halogens is 4. The van der Waals surface area contributed by atoms with Crippen LogP contribution in [0.3, 0.4) is 0 Å². The van der Waals surface area contributed by atoms with Gasteiger partial charge in [0.15, 0.2) is 0 Å². The first-order valence-corrected chi connectivity index (χ1v) is 9.04. The van der Waals surface area contributed by atoms with E-state index in [1.54, 1.807) is 4.90 Å². The number of amides is 1. The van der Waals surface area contributed by atoms with Crippen LogP contribution in [0.2, 0.25) is 0 Å². The molecular formula is C21H21F4NO. The summed E-state index contributed by atoms with van der Waals surface area (Å²) in [5.74, 6) is -1.31. The third-order valence-electron chi connectivity index (χ3n) is 5.11. The number of carbonyl (C=O) groups is 1. The molecule has 0 bridgehead atoms. The predicted molar refractivity (Wildman–Crippen MR) is 94.8 cm³/mol. The quantitative estimate of drug-likeness (QED) is 0.658. The van der Waals surface area contributed by atoms with E-state index in [0.29, 0.717) is 31.1 Å². The molecule has 1 amide bonds. The van der Waals surface area contributed by atoms with Gasteiger partial charge >= 0.3 is 6.18 Å². The fourth-order valence-corrected chi connectivity index (χ4v) is 3.50. The standard InChI is InChI=1S/C21H21F4NO/c22-19-14-17(8-9-18(19)21(23,24)25)20(27)26-12-10-16(11-13-26)7-6-15-4-2-1-3-5-15/h1-5,8-9,14,16H,6-7,10-13H2. The first kappa shape index (κ1) is 19.4. The number of nitrogens with zero attached hydrogens (tertiary/aromatic N) is 1. The van der Waals surface area contributed by atoms with E-state index in [4.69, 9.17) is 0 Å². The van der Waals surface area contributed by atoms with Crippen molar-refractivity contribution in [3.05, 3.63) is 71.0 Å². The van der Waals surface area contributed by atoms with E-state index in [0.717, 1.165) is 31.7 Å². The Morgan fingerprint density at radius 3 is 2.30 bits per heavy atom. The highest BCUT2D eigenvalue weighted by Crippen LogP contribution is 2.32. The number of carbonyl (C=O) groups excluding carboxylic acids is 1. The van der Waals surface area contributed by atoms with E-state index in [-0.39, 0.29) is 5.56 Å². The molecule has 0 saturated carbocycles. The number of hydrogen-bond donors (Lipinski definition) is 0. The van der Waals surface area contributed by atoms with Crippen LogP contribution in [-0.2, 0) is 12.6 Å². The molecule has 3 rings (SSSR count). The molecule has 1 heterocycles. The minimum atomic E-state index is -4.76. The molecule has 6 heteroatoms. The van der Waals surface area contributed by atoms with Crippen LogP contribution < -0.4 is 0 Å². The Kier molecular flexibility index (Phi) is 5.82. The highest BCUT2D eigenvalue weighted by atomic mass is 19.4. The molecular weight excluding hydrogens is 358 g/mol. The van der Waals surface area contributed by atoms with Gasteiger partial charge in [0.25, 0.3) is 5.91 Å². The third kappa shape index (κ3) is 4.87. The van der Waals surface area contributed by atoms with Gasteiger partial charge < -0.3 is 4.90 Å². The van der Waals surface area contributed by atoms with E-state index in [1.807, 2.05) is 18.2 Å². The Bertz CT molecular complexity index is 781. The molecule has 0 aliphatic carbocycles. The summed E-state index contributed by atoms with van der Waals surface area (Å²) in [6.07, 6.45) is -1.03. The number of alkyl halides is 3. The lowest BCUT2D eigenvalue weighted by molar-refractivity contribution is -0.140. The summed E-state index contributed by atoms with van der Waals surface area (Å²) in [5.41, 5.74) is -0.0989. The van der Waals surface area contributed by atoms with Crippen LogP contribution in [0.1, 0.15) is 40.7 Å². The van der Waals surface area contributed by atoms with Crippen molar-refractivity contribution in [1.29, 1.82) is 0 Å². The van der Waals surface area contributed by atoms with Crippen molar-refractivity contribution in [1.82, 2.24) is 4.90 Å². The largest absolute Gasteiger partial charge is 0.419 e. The molecule has 1 aliphatic rings. The second-order valence-corrected chi connectivity index (χ2v) is 6.95. The maximum absolute atomic E-state index is 13.7. The molecule has 1 fully saturated rings. The van der Waals surface area contributed by atoms with Gasteiger partial charge in [-0.25, -0.2) is 4.39 Å². The molecule has 27 heavy (non-hydrogen) atoms. The van der Waals surface area contributed by atoms with E-state index >= 15 is 0 Å². The van der Waals surface area contributed by atoms with Crippen molar-refractivity contribution in [3.63, 3.8) is 0 Å². The zero-order valence-electron chi connectivity index (χ0n) is 14.8. The Morgan fingerprint density at radius 1 is 1.04 bits per heavy atom. The normalized spacial score (nSPS) is 15.8. The van der Waals surface area contributed by atoms with Crippen LogP contribution in [0.4, 0.5) is 17.6 Å². The van der Waals surface area contributed by atoms with E-state index in [1.165, 1.54) is 5.56 Å². The highest BCUT2D eigenvalue weighted by molar-refractivity contribution is 5.94. The Labute approximate surface area is 155 Å². The smallest absolute Gasteiger partial charge is 0.339 e. The summed E-state index contributed by atoms with van der Waals surface area (Å²) < 4.78 is 51.6. The second kappa shape index (κ2) is 8.11. The minimum Gasteiger partial charge on any atom is -0.339 e. The lowest BCUT2D eigenvalue weighted by atomic mass is 9.90. The summed E-state index contributed by atoms with van der Waals surface area (Å²) in [4.78, 5) is 14.1. The molecule has 1 saturated heterocycles. The SMILES string of the molecule is O=C(c1ccc(C(F)(F)F)c(F)c1)N1CCC(CCc2ccccc2)CC1. The van der Waals surface area contributed by atoms with Crippen molar-refractivity contribution in [2.45, 2.75) is 31.9 Å². The van der Waals surface area contributed by atoms with Gasteiger partial charge in [-0.1, -0.05) is 30.3 Å². The third-order valence-corrected chi connectivity index (χ3v) is 5.11. The van der Waals surface area contributed by atoms with Crippen LogP contribution in [0.25, 0.3) is 0 Å². The number of benzene rings is 2. The average Bonchev–Trinajstić information content (AvgIpc) is 2.66. The first-order chi connectivity index (χ1) is 12.8.